The topological polar surface area (TPSA) is 35.2 Å². The molecule has 0 saturated heterocycles. The molecule has 3 heteroatoms. The van der Waals surface area contributed by atoms with Crippen molar-refractivity contribution in [1.29, 1.82) is 0 Å². The molecule has 0 aliphatic rings. The number of ether oxygens (including phenoxy) is 1. The normalized spacial score (nSPS) is 11.4. The molecular formula is C20H20ClNO. The maximum atomic E-state index is 6.06. The van der Waals surface area contributed by atoms with Gasteiger partial charge in [0.1, 0.15) is 11.5 Å². The first-order chi connectivity index (χ1) is 10.7. The van der Waals surface area contributed by atoms with Gasteiger partial charge in [-0.3, -0.25) is 0 Å². The highest BCUT2D eigenvalue weighted by atomic mass is 35.5. The summed E-state index contributed by atoms with van der Waals surface area (Å²) in [5, 5.41) is 0. The lowest BCUT2D eigenvalue weighted by Crippen LogP contribution is -2.05. The van der Waals surface area contributed by atoms with Crippen molar-refractivity contribution in [2.45, 2.75) is 13.0 Å². The van der Waals surface area contributed by atoms with Crippen molar-refractivity contribution in [2.24, 2.45) is 5.73 Å². The molecule has 0 fully saturated rings. The molecule has 3 rings (SSSR count). The van der Waals surface area contributed by atoms with Gasteiger partial charge in [0, 0.05) is 11.6 Å². The van der Waals surface area contributed by atoms with Crippen LogP contribution in [0.3, 0.4) is 0 Å². The first kappa shape index (κ1) is 17.1. The van der Waals surface area contributed by atoms with Crippen LogP contribution < -0.4 is 10.5 Å². The lowest BCUT2D eigenvalue weighted by molar-refractivity contribution is 0.484. The smallest absolute Gasteiger partial charge is 0.135 e. The summed E-state index contributed by atoms with van der Waals surface area (Å²) in [6.45, 7) is 1.99. The molecule has 118 valence electrons. The zero-order chi connectivity index (χ0) is 15.4. The quantitative estimate of drug-likeness (QED) is 0.678. The fourth-order valence-electron chi connectivity index (χ4n) is 2.38. The Kier molecular flexibility index (Phi) is 5.80. The summed E-state index contributed by atoms with van der Waals surface area (Å²) in [5.74, 6) is 1.66. The largest absolute Gasteiger partial charge is 0.457 e. The summed E-state index contributed by atoms with van der Waals surface area (Å²) in [6.07, 6.45) is 0. The lowest BCUT2D eigenvalue weighted by atomic mass is 9.99. The van der Waals surface area contributed by atoms with E-state index >= 15 is 0 Å². The molecule has 0 aliphatic heterocycles. The van der Waals surface area contributed by atoms with Crippen molar-refractivity contribution in [3.63, 3.8) is 0 Å². The van der Waals surface area contributed by atoms with Gasteiger partial charge in [0.05, 0.1) is 0 Å². The maximum Gasteiger partial charge on any atom is 0.135 e. The number of rotatable bonds is 4. The molecule has 0 heterocycles. The molecule has 0 unspecified atom stereocenters. The number of nitrogens with two attached hydrogens (primary N) is 1. The molecule has 3 aromatic rings. The number of halogens is 1. The van der Waals surface area contributed by atoms with Crippen molar-refractivity contribution >= 4 is 12.4 Å². The van der Waals surface area contributed by atoms with Crippen LogP contribution in [0.2, 0.25) is 0 Å². The average molecular weight is 326 g/mol. The molecule has 0 bridgehead atoms. The van der Waals surface area contributed by atoms with E-state index in [0.29, 0.717) is 0 Å². The molecule has 0 amide bonds. The first-order valence-corrected chi connectivity index (χ1v) is 7.42. The van der Waals surface area contributed by atoms with Crippen LogP contribution >= 0.6 is 12.4 Å². The minimum absolute atomic E-state index is 0. The van der Waals surface area contributed by atoms with Crippen molar-refractivity contribution in [3.8, 4) is 22.6 Å². The van der Waals surface area contributed by atoms with E-state index in [-0.39, 0.29) is 18.4 Å². The van der Waals surface area contributed by atoms with E-state index in [0.717, 1.165) is 28.2 Å². The summed E-state index contributed by atoms with van der Waals surface area (Å²) >= 11 is 0. The molecule has 3 aromatic carbocycles. The van der Waals surface area contributed by atoms with E-state index in [1.807, 2.05) is 67.6 Å². The van der Waals surface area contributed by atoms with Gasteiger partial charge in [-0.15, -0.1) is 12.4 Å². The second kappa shape index (κ2) is 7.82. The van der Waals surface area contributed by atoms with Gasteiger partial charge >= 0.3 is 0 Å². The third-order valence-corrected chi connectivity index (χ3v) is 3.59. The highest BCUT2D eigenvalue weighted by molar-refractivity contribution is 5.85. The van der Waals surface area contributed by atoms with Gasteiger partial charge in [0.2, 0.25) is 0 Å². The third-order valence-electron chi connectivity index (χ3n) is 3.59. The zero-order valence-corrected chi connectivity index (χ0v) is 13.8. The van der Waals surface area contributed by atoms with Crippen LogP contribution in [0.4, 0.5) is 0 Å². The fourth-order valence-corrected chi connectivity index (χ4v) is 2.38. The van der Waals surface area contributed by atoms with Crippen LogP contribution in [-0.4, -0.2) is 0 Å². The number of para-hydroxylation sites is 1. The Morgan fingerprint density at radius 1 is 0.826 bits per heavy atom. The van der Waals surface area contributed by atoms with Gasteiger partial charge in [0.25, 0.3) is 0 Å². The van der Waals surface area contributed by atoms with Crippen molar-refractivity contribution < 1.29 is 4.74 Å². The molecule has 2 N–H and O–H groups in total. The van der Waals surface area contributed by atoms with Gasteiger partial charge in [-0.1, -0.05) is 54.6 Å². The highest BCUT2D eigenvalue weighted by Crippen LogP contribution is 2.35. The Balaban J connectivity index is 0.00000192. The molecular weight excluding hydrogens is 306 g/mol. The molecule has 23 heavy (non-hydrogen) atoms. The molecule has 2 nitrogen and oxygen atoms in total. The standard InChI is InChI=1S/C20H19NO.ClH/c1-15(21)17-12-13-20(22-18-10-6-3-7-11-18)19(14-17)16-8-4-2-5-9-16;/h2-15H,21H2,1H3;1H/t15-;/m0./s1. The SMILES string of the molecule is C[C@H](N)c1ccc(Oc2ccccc2)c(-c2ccccc2)c1.Cl. The van der Waals surface area contributed by atoms with Crippen LogP contribution in [0.5, 0.6) is 11.5 Å². The average Bonchev–Trinajstić information content (AvgIpc) is 2.57. The first-order valence-electron chi connectivity index (χ1n) is 7.42. The number of benzene rings is 3. The summed E-state index contributed by atoms with van der Waals surface area (Å²) in [6, 6.07) is 26.2. The second-order valence-corrected chi connectivity index (χ2v) is 5.33. The highest BCUT2D eigenvalue weighted by Gasteiger charge is 2.10. The molecule has 0 aromatic heterocycles. The van der Waals surface area contributed by atoms with E-state index in [1.165, 1.54) is 0 Å². The van der Waals surface area contributed by atoms with Crippen LogP contribution in [0, 0.1) is 0 Å². The van der Waals surface area contributed by atoms with Crippen LogP contribution in [0.25, 0.3) is 11.1 Å². The Labute approximate surface area is 143 Å². The third kappa shape index (κ3) is 4.13. The van der Waals surface area contributed by atoms with Crippen molar-refractivity contribution in [1.82, 2.24) is 0 Å². The lowest BCUT2D eigenvalue weighted by Gasteiger charge is -2.15. The summed E-state index contributed by atoms with van der Waals surface area (Å²) < 4.78 is 6.06. The van der Waals surface area contributed by atoms with E-state index in [4.69, 9.17) is 10.5 Å². The van der Waals surface area contributed by atoms with E-state index in [2.05, 4.69) is 18.2 Å². The molecule has 0 aliphatic carbocycles. The van der Waals surface area contributed by atoms with Crippen LogP contribution in [0.15, 0.2) is 78.9 Å². The van der Waals surface area contributed by atoms with E-state index in [9.17, 15) is 0 Å². The predicted molar refractivity (Wildman–Crippen MR) is 98.2 cm³/mol. The van der Waals surface area contributed by atoms with E-state index < -0.39 is 0 Å². The second-order valence-electron chi connectivity index (χ2n) is 5.33. The monoisotopic (exact) mass is 325 g/mol. The Hall–Kier alpha value is -2.29. The van der Waals surface area contributed by atoms with E-state index in [1.54, 1.807) is 0 Å². The summed E-state index contributed by atoms with van der Waals surface area (Å²) in [5.41, 5.74) is 9.30. The molecule has 0 saturated carbocycles. The minimum Gasteiger partial charge on any atom is -0.457 e. The summed E-state index contributed by atoms with van der Waals surface area (Å²) in [4.78, 5) is 0. The van der Waals surface area contributed by atoms with Crippen molar-refractivity contribution in [3.05, 3.63) is 84.4 Å². The van der Waals surface area contributed by atoms with Crippen LogP contribution in [-0.2, 0) is 0 Å². The van der Waals surface area contributed by atoms with Gasteiger partial charge in [-0.25, -0.2) is 0 Å². The fraction of sp³-hybridized carbons (Fsp3) is 0.100. The maximum absolute atomic E-state index is 6.06. The Morgan fingerprint density at radius 2 is 1.43 bits per heavy atom. The Bertz CT molecular complexity index is 742. The molecule has 0 spiro atoms. The predicted octanol–water partition coefficient (Wildman–Crippen LogP) is 5.59. The number of hydrogen-bond donors (Lipinski definition) is 1. The Morgan fingerprint density at radius 3 is 2.04 bits per heavy atom. The van der Waals surface area contributed by atoms with Gasteiger partial charge in [-0.2, -0.15) is 0 Å². The molecule has 1 atom stereocenters. The van der Waals surface area contributed by atoms with Crippen molar-refractivity contribution in [2.75, 3.05) is 0 Å². The zero-order valence-electron chi connectivity index (χ0n) is 13.0. The van der Waals surface area contributed by atoms with Gasteiger partial charge < -0.3 is 10.5 Å². The van der Waals surface area contributed by atoms with Gasteiger partial charge in [0.15, 0.2) is 0 Å². The number of hydrogen-bond acceptors (Lipinski definition) is 2. The van der Waals surface area contributed by atoms with Crippen LogP contribution in [0.1, 0.15) is 18.5 Å². The molecule has 0 radical (unpaired) electrons. The van der Waals surface area contributed by atoms with Gasteiger partial charge in [-0.05, 0) is 42.3 Å². The minimum atomic E-state index is -0.00626. The summed E-state index contributed by atoms with van der Waals surface area (Å²) in [7, 11) is 0.